The second-order valence-electron chi connectivity index (χ2n) is 6.09. The monoisotopic (exact) mass is 274 g/mol. The fourth-order valence-electron chi connectivity index (χ4n) is 3.72. The summed E-state index contributed by atoms with van der Waals surface area (Å²) in [6, 6.07) is 2.15. The minimum absolute atomic E-state index is 0.0319. The minimum atomic E-state index is -0.0356. The second-order valence-corrected chi connectivity index (χ2v) is 6.09. The van der Waals surface area contributed by atoms with Gasteiger partial charge in [0.1, 0.15) is 11.5 Å². The van der Waals surface area contributed by atoms with Crippen LogP contribution in [0.1, 0.15) is 50.4 Å². The number of rotatable bonds is 1. The first-order valence-corrected chi connectivity index (χ1v) is 7.61. The topological polar surface area (TPSA) is 51.1 Å². The summed E-state index contributed by atoms with van der Waals surface area (Å²) in [5.41, 5.74) is 3.09. The molecule has 4 nitrogen and oxygen atoms in total. The fourth-order valence-corrected chi connectivity index (χ4v) is 3.72. The number of ketones is 1. The molecule has 2 aliphatic heterocycles. The number of anilines is 1. The molecular weight excluding hydrogens is 252 g/mol. The number of carbonyl (C=O) groups is 1. The van der Waals surface area contributed by atoms with Crippen molar-refractivity contribution >= 4 is 11.5 Å². The minimum Gasteiger partial charge on any atom is -0.380 e. The van der Waals surface area contributed by atoms with Gasteiger partial charge < -0.3 is 9.88 Å². The van der Waals surface area contributed by atoms with Gasteiger partial charge in [-0.2, -0.15) is 0 Å². The van der Waals surface area contributed by atoms with Gasteiger partial charge >= 0.3 is 0 Å². The Labute approximate surface area is 119 Å². The zero-order valence-electron chi connectivity index (χ0n) is 12.2. The molecule has 2 unspecified atom stereocenters. The molecule has 0 fully saturated rings. The predicted molar refractivity (Wildman–Crippen MR) is 79.3 cm³/mol. The van der Waals surface area contributed by atoms with Crippen molar-refractivity contribution in [2.45, 2.75) is 52.0 Å². The van der Waals surface area contributed by atoms with Crippen LogP contribution in [0.2, 0.25) is 0 Å². The second kappa shape index (κ2) is 5.08. The van der Waals surface area contributed by atoms with Crippen molar-refractivity contribution in [1.29, 1.82) is 0 Å². The highest BCUT2D eigenvalue weighted by Crippen LogP contribution is 2.31. The molecule has 1 aromatic heterocycles. The number of fused-ring (bicyclic) bond motifs is 2. The quantitative estimate of drug-likeness (QED) is 0.855. The van der Waals surface area contributed by atoms with Gasteiger partial charge in [0.2, 0.25) is 0 Å². The lowest BCUT2D eigenvalue weighted by atomic mass is 9.92. The SMILES string of the molecule is CC(=O)C1CCCc2cc3c(c(=O)n2C1C)NCCC3. The number of nitrogens with zero attached hydrogens (tertiary/aromatic N) is 1. The van der Waals surface area contributed by atoms with Crippen molar-refractivity contribution < 1.29 is 4.79 Å². The fraction of sp³-hybridized carbons (Fsp3) is 0.625. The van der Waals surface area contributed by atoms with Gasteiger partial charge in [-0.25, -0.2) is 0 Å². The molecular formula is C16H22N2O2. The first-order chi connectivity index (χ1) is 9.59. The number of hydrogen-bond donors (Lipinski definition) is 1. The van der Waals surface area contributed by atoms with Gasteiger partial charge in [-0.15, -0.1) is 0 Å². The molecule has 3 rings (SSSR count). The molecule has 0 aliphatic carbocycles. The highest BCUT2D eigenvalue weighted by Gasteiger charge is 2.30. The maximum atomic E-state index is 12.8. The average molecular weight is 274 g/mol. The smallest absolute Gasteiger partial charge is 0.274 e. The van der Waals surface area contributed by atoms with Crippen molar-refractivity contribution in [2.75, 3.05) is 11.9 Å². The van der Waals surface area contributed by atoms with Gasteiger partial charge in [0.15, 0.2) is 0 Å². The number of carbonyl (C=O) groups excluding carboxylic acids is 1. The van der Waals surface area contributed by atoms with E-state index < -0.39 is 0 Å². The molecule has 0 radical (unpaired) electrons. The van der Waals surface area contributed by atoms with E-state index in [2.05, 4.69) is 11.4 Å². The van der Waals surface area contributed by atoms with Gasteiger partial charge in [0, 0.05) is 24.2 Å². The summed E-state index contributed by atoms with van der Waals surface area (Å²) in [5.74, 6) is 0.165. The average Bonchev–Trinajstić information content (AvgIpc) is 2.58. The van der Waals surface area contributed by atoms with Gasteiger partial charge in [-0.3, -0.25) is 9.59 Å². The zero-order valence-corrected chi connectivity index (χ0v) is 12.2. The Balaban J connectivity index is 2.15. The number of pyridine rings is 1. The largest absolute Gasteiger partial charge is 0.380 e. The molecule has 1 aromatic rings. The Kier molecular flexibility index (Phi) is 3.40. The third-order valence-electron chi connectivity index (χ3n) is 4.79. The molecule has 0 saturated heterocycles. The first kappa shape index (κ1) is 13.4. The van der Waals surface area contributed by atoms with E-state index in [1.807, 2.05) is 11.5 Å². The van der Waals surface area contributed by atoms with Crippen LogP contribution in [-0.4, -0.2) is 16.9 Å². The molecule has 2 aliphatic rings. The van der Waals surface area contributed by atoms with Crippen molar-refractivity contribution in [3.8, 4) is 0 Å². The van der Waals surface area contributed by atoms with Crippen LogP contribution in [0.15, 0.2) is 10.9 Å². The van der Waals surface area contributed by atoms with E-state index in [9.17, 15) is 9.59 Å². The normalized spacial score (nSPS) is 25.1. The van der Waals surface area contributed by atoms with E-state index in [1.54, 1.807) is 6.92 Å². The first-order valence-electron chi connectivity index (χ1n) is 7.61. The summed E-state index contributed by atoms with van der Waals surface area (Å²) >= 11 is 0. The van der Waals surface area contributed by atoms with Crippen molar-refractivity contribution in [1.82, 2.24) is 4.57 Å². The van der Waals surface area contributed by atoms with Crippen molar-refractivity contribution in [3.05, 3.63) is 27.7 Å². The zero-order chi connectivity index (χ0) is 14.3. The highest BCUT2D eigenvalue weighted by molar-refractivity contribution is 5.78. The molecule has 4 heteroatoms. The summed E-state index contributed by atoms with van der Waals surface area (Å²) in [5, 5.41) is 3.25. The van der Waals surface area contributed by atoms with Crippen LogP contribution in [0.4, 0.5) is 5.69 Å². The van der Waals surface area contributed by atoms with Crippen LogP contribution in [-0.2, 0) is 17.6 Å². The summed E-state index contributed by atoms with van der Waals surface area (Å²) in [4.78, 5) is 24.6. The maximum Gasteiger partial charge on any atom is 0.274 e. The van der Waals surface area contributed by atoms with Gasteiger partial charge in [-0.05, 0) is 57.6 Å². The summed E-state index contributed by atoms with van der Waals surface area (Å²) in [7, 11) is 0. The van der Waals surface area contributed by atoms with E-state index in [0.717, 1.165) is 55.6 Å². The predicted octanol–water partition coefficient (Wildman–Crippen LogP) is 2.31. The Morgan fingerprint density at radius 2 is 2.15 bits per heavy atom. The van der Waals surface area contributed by atoms with E-state index in [4.69, 9.17) is 0 Å². The molecule has 3 heterocycles. The number of aromatic nitrogens is 1. The Bertz CT molecular complexity index is 603. The maximum absolute atomic E-state index is 12.8. The Hall–Kier alpha value is -1.58. The summed E-state index contributed by atoms with van der Waals surface area (Å²) < 4.78 is 1.87. The van der Waals surface area contributed by atoms with Gasteiger partial charge in [0.05, 0.1) is 0 Å². The molecule has 2 atom stereocenters. The highest BCUT2D eigenvalue weighted by atomic mass is 16.1. The Morgan fingerprint density at radius 1 is 1.35 bits per heavy atom. The standard InChI is InChI=1S/C16H22N2O2/c1-10-14(11(2)19)7-3-6-13-9-12-5-4-8-17-15(12)16(20)18(10)13/h9-10,14,17H,3-8H2,1-2H3. The third kappa shape index (κ3) is 2.07. The number of hydrogen-bond acceptors (Lipinski definition) is 3. The van der Waals surface area contributed by atoms with Crippen LogP contribution in [0.3, 0.4) is 0 Å². The molecule has 0 aromatic carbocycles. The van der Waals surface area contributed by atoms with Gasteiger partial charge in [-0.1, -0.05) is 0 Å². The van der Waals surface area contributed by atoms with Gasteiger partial charge in [0.25, 0.3) is 5.56 Å². The molecule has 108 valence electrons. The van der Waals surface area contributed by atoms with Crippen LogP contribution in [0, 0.1) is 5.92 Å². The molecule has 0 bridgehead atoms. The third-order valence-corrected chi connectivity index (χ3v) is 4.79. The molecule has 0 spiro atoms. The van der Waals surface area contributed by atoms with E-state index in [0.29, 0.717) is 0 Å². The lowest BCUT2D eigenvalue weighted by Crippen LogP contribution is -2.34. The lowest BCUT2D eigenvalue weighted by molar-refractivity contribution is -0.122. The Morgan fingerprint density at radius 3 is 2.90 bits per heavy atom. The molecule has 0 amide bonds. The van der Waals surface area contributed by atoms with Crippen LogP contribution in [0.5, 0.6) is 0 Å². The number of nitrogens with one attached hydrogen (secondary N) is 1. The number of aryl methyl sites for hydroxylation is 2. The van der Waals surface area contributed by atoms with Crippen LogP contribution >= 0.6 is 0 Å². The van der Waals surface area contributed by atoms with E-state index in [-0.39, 0.29) is 23.3 Å². The van der Waals surface area contributed by atoms with Crippen LogP contribution < -0.4 is 10.9 Å². The van der Waals surface area contributed by atoms with E-state index >= 15 is 0 Å². The van der Waals surface area contributed by atoms with Crippen molar-refractivity contribution in [3.63, 3.8) is 0 Å². The van der Waals surface area contributed by atoms with Crippen molar-refractivity contribution in [2.24, 2.45) is 5.92 Å². The van der Waals surface area contributed by atoms with E-state index in [1.165, 1.54) is 0 Å². The molecule has 20 heavy (non-hydrogen) atoms. The lowest BCUT2D eigenvalue weighted by Gasteiger charge is -2.26. The molecule has 1 N–H and O–H groups in total. The summed E-state index contributed by atoms with van der Waals surface area (Å²) in [6.07, 6.45) is 4.84. The molecule has 0 saturated carbocycles. The van der Waals surface area contributed by atoms with Crippen LogP contribution in [0.25, 0.3) is 0 Å². The summed E-state index contributed by atoms with van der Waals surface area (Å²) in [6.45, 7) is 4.53. The number of Topliss-reactive ketones (excluding diaryl/α,β-unsaturated/α-hetero) is 1.